The number of nitrogens with two attached hydrogens (primary N) is 1. The van der Waals surface area contributed by atoms with E-state index in [0.29, 0.717) is 29.1 Å². The predicted octanol–water partition coefficient (Wildman–Crippen LogP) is 2.28. The van der Waals surface area contributed by atoms with Crippen molar-refractivity contribution in [3.05, 3.63) is 59.2 Å². The van der Waals surface area contributed by atoms with Crippen molar-refractivity contribution in [2.75, 3.05) is 12.4 Å². The lowest BCUT2D eigenvalue weighted by molar-refractivity contribution is 0.1000. The van der Waals surface area contributed by atoms with E-state index in [0.717, 1.165) is 5.56 Å². The molecule has 0 radical (unpaired) electrons. The lowest BCUT2D eigenvalue weighted by Crippen LogP contribution is -2.11. The van der Waals surface area contributed by atoms with Crippen molar-refractivity contribution in [1.82, 2.24) is 0 Å². The highest BCUT2D eigenvalue weighted by molar-refractivity contribution is 5.92. The minimum atomic E-state index is -0.466. The number of nitriles is 1. The molecule has 0 bridgehead atoms. The third kappa shape index (κ3) is 3.31. The lowest BCUT2D eigenvalue weighted by Gasteiger charge is -2.13. The van der Waals surface area contributed by atoms with E-state index in [4.69, 9.17) is 15.7 Å². The number of para-hydroxylation sites is 1. The molecule has 2 rings (SSSR count). The molecule has 3 N–H and O–H groups in total. The summed E-state index contributed by atoms with van der Waals surface area (Å²) in [4.78, 5) is 11.2. The van der Waals surface area contributed by atoms with Gasteiger partial charge in [0.2, 0.25) is 5.91 Å². The van der Waals surface area contributed by atoms with Crippen LogP contribution in [0.2, 0.25) is 0 Å². The molecule has 0 saturated carbocycles. The molecule has 0 fully saturated rings. The molecule has 2 aromatic carbocycles. The summed E-state index contributed by atoms with van der Waals surface area (Å²) in [5, 5.41) is 12.3. The summed E-state index contributed by atoms with van der Waals surface area (Å²) in [6, 6.07) is 14.4. The molecule has 21 heavy (non-hydrogen) atoms. The van der Waals surface area contributed by atoms with Crippen LogP contribution in [0.5, 0.6) is 5.75 Å². The normalized spacial score (nSPS) is 9.71. The van der Waals surface area contributed by atoms with Gasteiger partial charge in [0.05, 0.1) is 18.4 Å². The Morgan fingerprint density at radius 2 is 2.10 bits per heavy atom. The second-order valence-electron chi connectivity index (χ2n) is 4.41. The van der Waals surface area contributed by atoms with Gasteiger partial charge in [0.25, 0.3) is 0 Å². The molecule has 106 valence electrons. The molecule has 1 amide bonds. The molecule has 0 aliphatic carbocycles. The average molecular weight is 281 g/mol. The molecule has 0 aliphatic heterocycles. The van der Waals surface area contributed by atoms with Crippen LogP contribution < -0.4 is 15.8 Å². The summed E-state index contributed by atoms with van der Waals surface area (Å²) in [7, 11) is 1.55. The smallest absolute Gasteiger partial charge is 0.248 e. The van der Waals surface area contributed by atoms with Gasteiger partial charge in [0, 0.05) is 12.1 Å². The Balaban J connectivity index is 2.22. The zero-order valence-corrected chi connectivity index (χ0v) is 11.6. The molecule has 0 aliphatic rings. The largest absolute Gasteiger partial charge is 0.495 e. The predicted molar refractivity (Wildman–Crippen MR) is 80.0 cm³/mol. The minimum Gasteiger partial charge on any atom is -0.495 e. The van der Waals surface area contributed by atoms with Crippen LogP contribution in [0.4, 0.5) is 5.69 Å². The molecule has 0 aromatic heterocycles. The van der Waals surface area contributed by atoms with Gasteiger partial charge >= 0.3 is 0 Å². The van der Waals surface area contributed by atoms with Gasteiger partial charge in [-0.15, -0.1) is 0 Å². The van der Waals surface area contributed by atoms with Gasteiger partial charge in [0.15, 0.2) is 0 Å². The van der Waals surface area contributed by atoms with Gasteiger partial charge < -0.3 is 15.8 Å². The molecular weight excluding hydrogens is 266 g/mol. The standard InChI is InChI=1S/C16H15N3O2/c1-21-14-7-3-6-13(9-17)15(14)19-10-11-4-2-5-12(8-11)16(18)20/h2-8,19H,10H2,1H3,(H2,18,20). The van der Waals surface area contributed by atoms with Gasteiger partial charge in [-0.3, -0.25) is 4.79 Å². The fourth-order valence-corrected chi connectivity index (χ4v) is 2.00. The van der Waals surface area contributed by atoms with Crippen molar-refractivity contribution in [3.63, 3.8) is 0 Å². The Labute approximate surface area is 123 Å². The van der Waals surface area contributed by atoms with Crippen LogP contribution in [0.15, 0.2) is 42.5 Å². The third-order valence-corrected chi connectivity index (χ3v) is 3.05. The van der Waals surface area contributed by atoms with Crippen molar-refractivity contribution in [2.24, 2.45) is 5.73 Å². The first-order valence-electron chi connectivity index (χ1n) is 6.35. The monoisotopic (exact) mass is 281 g/mol. The topological polar surface area (TPSA) is 88.1 Å². The van der Waals surface area contributed by atoms with Crippen LogP contribution in [-0.4, -0.2) is 13.0 Å². The fraction of sp³-hybridized carbons (Fsp3) is 0.125. The number of nitrogens with one attached hydrogen (secondary N) is 1. The molecular formula is C16H15N3O2. The fourth-order valence-electron chi connectivity index (χ4n) is 2.00. The summed E-state index contributed by atoms with van der Waals surface area (Å²) in [6.45, 7) is 0.455. The molecule has 0 saturated heterocycles. The quantitative estimate of drug-likeness (QED) is 0.880. The molecule has 0 spiro atoms. The van der Waals surface area contributed by atoms with Crippen LogP contribution in [0.25, 0.3) is 0 Å². The maximum atomic E-state index is 11.2. The number of ether oxygens (including phenoxy) is 1. The van der Waals surface area contributed by atoms with Crippen molar-refractivity contribution in [2.45, 2.75) is 6.54 Å². The number of hydrogen-bond acceptors (Lipinski definition) is 4. The Hall–Kier alpha value is -3.00. The highest BCUT2D eigenvalue weighted by Gasteiger charge is 2.09. The zero-order valence-electron chi connectivity index (χ0n) is 11.6. The van der Waals surface area contributed by atoms with Crippen LogP contribution in [-0.2, 0) is 6.54 Å². The Bertz CT molecular complexity index is 705. The van der Waals surface area contributed by atoms with Crippen molar-refractivity contribution < 1.29 is 9.53 Å². The van der Waals surface area contributed by atoms with Gasteiger partial charge in [-0.05, 0) is 29.8 Å². The first kappa shape index (κ1) is 14.4. The van der Waals surface area contributed by atoms with E-state index in [1.54, 1.807) is 43.5 Å². The Kier molecular flexibility index (Phi) is 4.42. The van der Waals surface area contributed by atoms with Gasteiger partial charge in [-0.25, -0.2) is 0 Å². The molecule has 5 heteroatoms. The van der Waals surface area contributed by atoms with Crippen LogP contribution in [0, 0.1) is 11.3 Å². The summed E-state index contributed by atoms with van der Waals surface area (Å²) in [5.41, 5.74) is 7.73. The van der Waals surface area contributed by atoms with E-state index < -0.39 is 5.91 Å². The number of carbonyl (C=O) groups excluding carboxylic acids is 1. The maximum Gasteiger partial charge on any atom is 0.248 e. The van der Waals surface area contributed by atoms with Gasteiger partial charge in [0.1, 0.15) is 11.8 Å². The SMILES string of the molecule is COc1cccc(C#N)c1NCc1cccc(C(N)=O)c1. The van der Waals surface area contributed by atoms with E-state index in [9.17, 15) is 4.79 Å². The molecule has 0 heterocycles. The van der Waals surface area contributed by atoms with Gasteiger partial charge in [-0.1, -0.05) is 18.2 Å². The van der Waals surface area contributed by atoms with E-state index in [1.165, 1.54) is 0 Å². The number of nitrogens with zero attached hydrogens (tertiary/aromatic N) is 1. The molecule has 2 aromatic rings. The van der Waals surface area contributed by atoms with Crippen LogP contribution >= 0.6 is 0 Å². The second kappa shape index (κ2) is 6.44. The number of primary amides is 1. The van der Waals surface area contributed by atoms with Crippen LogP contribution in [0.3, 0.4) is 0 Å². The first-order chi connectivity index (χ1) is 10.2. The summed E-state index contributed by atoms with van der Waals surface area (Å²) in [5.74, 6) is 0.131. The number of anilines is 1. The number of hydrogen-bond donors (Lipinski definition) is 2. The van der Waals surface area contributed by atoms with Crippen molar-refractivity contribution >= 4 is 11.6 Å². The summed E-state index contributed by atoms with van der Waals surface area (Å²) >= 11 is 0. The summed E-state index contributed by atoms with van der Waals surface area (Å²) < 4.78 is 5.25. The average Bonchev–Trinajstić information content (AvgIpc) is 2.52. The number of rotatable bonds is 5. The van der Waals surface area contributed by atoms with E-state index >= 15 is 0 Å². The molecule has 0 unspecified atom stereocenters. The maximum absolute atomic E-state index is 11.2. The van der Waals surface area contributed by atoms with Crippen LogP contribution in [0.1, 0.15) is 21.5 Å². The van der Waals surface area contributed by atoms with E-state index in [1.807, 2.05) is 6.07 Å². The Morgan fingerprint density at radius 3 is 2.76 bits per heavy atom. The number of methoxy groups -OCH3 is 1. The first-order valence-corrected chi connectivity index (χ1v) is 6.35. The third-order valence-electron chi connectivity index (χ3n) is 3.05. The van der Waals surface area contributed by atoms with E-state index in [-0.39, 0.29) is 0 Å². The molecule has 0 atom stereocenters. The number of amides is 1. The number of benzene rings is 2. The lowest BCUT2D eigenvalue weighted by atomic mass is 10.1. The number of carbonyl (C=O) groups is 1. The highest BCUT2D eigenvalue weighted by atomic mass is 16.5. The second-order valence-corrected chi connectivity index (χ2v) is 4.41. The van der Waals surface area contributed by atoms with Crippen molar-refractivity contribution in [3.8, 4) is 11.8 Å². The summed E-state index contributed by atoms with van der Waals surface area (Å²) in [6.07, 6.45) is 0. The zero-order chi connectivity index (χ0) is 15.2. The molecule has 5 nitrogen and oxygen atoms in total. The highest BCUT2D eigenvalue weighted by Crippen LogP contribution is 2.28. The van der Waals surface area contributed by atoms with Gasteiger partial charge in [-0.2, -0.15) is 5.26 Å². The van der Waals surface area contributed by atoms with E-state index in [2.05, 4.69) is 11.4 Å². The minimum absolute atomic E-state index is 0.454. The van der Waals surface area contributed by atoms with Crippen molar-refractivity contribution in [1.29, 1.82) is 5.26 Å². The Morgan fingerprint density at radius 1 is 1.33 bits per heavy atom.